The minimum atomic E-state index is -0.444. The van der Waals surface area contributed by atoms with Gasteiger partial charge in [-0.1, -0.05) is 11.6 Å². The number of benzene rings is 1. The van der Waals surface area contributed by atoms with Crippen molar-refractivity contribution in [3.63, 3.8) is 0 Å². The molecule has 2 rings (SSSR count). The van der Waals surface area contributed by atoms with Crippen molar-refractivity contribution in [3.8, 4) is 11.6 Å². The van der Waals surface area contributed by atoms with Crippen LogP contribution in [0.5, 0.6) is 11.6 Å². The molecule has 1 aromatic heterocycles. The van der Waals surface area contributed by atoms with Gasteiger partial charge >= 0.3 is 0 Å². The molecule has 0 spiro atoms. The second-order valence-corrected chi connectivity index (χ2v) is 4.59. The summed E-state index contributed by atoms with van der Waals surface area (Å²) in [6.07, 6.45) is 1.43. The van der Waals surface area contributed by atoms with E-state index >= 15 is 0 Å². The van der Waals surface area contributed by atoms with Gasteiger partial charge < -0.3 is 10.1 Å². The zero-order chi connectivity index (χ0) is 15.4. The van der Waals surface area contributed by atoms with Crippen LogP contribution >= 0.6 is 11.6 Å². The van der Waals surface area contributed by atoms with Crippen LogP contribution in [0.2, 0.25) is 5.02 Å². The summed E-state index contributed by atoms with van der Waals surface area (Å²) in [6, 6.07) is 4.44. The highest BCUT2D eigenvalue weighted by Crippen LogP contribution is 2.30. The van der Waals surface area contributed by atoms with Crippen LogP contribution in [0.3, 0.4) is 0 Å². The van der Waals surface area contributed by atoms with Gasteiger partial charge in [0.2, 0.25) is 11.8 Å². The number of halogens is 1. The summed E-state index contributed by atoms with van der Waals surface area (Å²) in [5.74, 6) is 1.01. The highest BCUT2D eigenvalue weighted by Gasteiger charge is 2.13. The largest absolute Gasteiger partial charge is 0.437 e. The lowest BCUT2D eigenvalue weighted by atomic mass is 10.2. The smallest absolute Gasteiger partial charge is 0.272 e. The zero-order valence-corrected chi connectivity index (χ0v) is 12.2. The van der Waals surface area contributed by atoms with E-state index in [2.05, 4.69) is 15.3 Å². The Morgan fingerprint density at radius 2 is 2.24 bits per heavy atom. The van der Waals surface area contributed by atoms with E-state index in [4.69, 9.17) is 16.3 Å². The lowest BCUT2D eigenvalue weighted by molar-refractivity contribution is -0.385. The highest BCUT2D eigenvalue weighted by atomic mass is 35.5. The average molecular weight is 309 g/mol. The Labute approximate surface area is 126 Å². The number of anilines is 1. The van der Waals surface area contributed by atoms with Crippen molar-refractivity contribution in [2.75, 3.05) is 11.9 Å². The van der Waals surface area contributed by atoms with Gasteiger partial charge in [0.15, 0.2) is 0 Å². The maximum absolute atomic E-state index is 10.8. The predicted molar refractivity (Wildman–Crippen MR) is 79.1 cm³/mol. The molecule has 2 aromatic rings. The first-order chi connectivity index (χ1) is 10.0. The molecule has 0 saturated carbocycles. The minimum absolute atomic E-state index is 0.0319. The molecule has 110 valence electrons. The Balaban J connectivity index is 2.27. The fourth-order valence-corrected chi connectivity index (χ4v) is 1.80. The van der Waals surface area contributed by atoms with E-state index in [1.165, 1.54) is 18.3 Å². The Morgan fingerprint density at radius 3 is 2.86 bits per heavy atom. The summed E-state index contributed by atoms with van der Waals surface area (Å²) in [7, 11) is 0. The van der Waals surface area contributed by atoms with Gasteiger partial charge in [-0.25, -0.2) is 4.98 Å². The van der Waals surface area contributed by atoms with E-state index in [-0.39, 0.29) is 16.6 Å². The van der Waals surface area contributed by atoms with Crippen molar-refractivity contribution in [1.29, 1.82) is 0 Å². The molecule has 0 bridgehead atoms. The maximum atomic E-state index is 10.8. The fourth-order valence-electron chi connectivity index (χ4n) is 1.67. The molecule has 0 amide bonds. The standard InChI is InChI=1S/C13H13ClN4O3/c1-3-15-13-16-7-10(14)12(17-13)21-9-4-5-11(18(19)20)8(2)6-9/h4-7H,3H2,1-2H3,(H,15,16,17). The lowest BCUT2D eigenvalue weighted by Gasteiger charge is -2.09. The van der Waals surface area contributed by atoms with Gasteiger partial charge in [-0.15, -0.1) is 0 Å². The average Bonchev–Trinajstić information content (AvgIpc) is 2.42. The predicted octanol–water partition coefficient (Wildman–Crippen LogP) is 3.57. The first-order valence-corrected chi connectivity index (χ1v) is 6.58. The van der Waals surface area contributed by atoms with Crippen molar-refractivity contribution < 1.29 is 9.66 Å². The quantitative estimate of drug-likeness (QED) is 0.670. The molecule has 1 N–H and O–H groups in total. The molecule has 0 atom stereocenters. The second-order valence-electron chi connectivity index (χ2n) is 4.18. The summed E-state index contributed by atoms with van der Waals surface area (Å²) in [5.41, 5.74) is 0.527. The molecule has 1 heterocycles. The van der Waals surface area contributed by atoms with Crippen LogP contribution in [0.4, 0.5) is 11.6 Å². The molecule has 0 unspecified atom stereocenters. The summed E-state index contributed by atoms with van der Waals surface area (Å²) in [6.45, 7) is 4.21. The van der Waals surface area contributed by atoms with Crippen molar-refractivity contribution in [1.82, 2.24) is 9.97 Å². The molecule has 0 aliphatic rings. The van der Waals surface area contributed by atoms with Crippen LogP contribution in [-0.2, 0) is 0 Å². The summed E-state index contributed by atoms with van der Waals surface area (Å²) in [5, 5.41) is 14.0. The van der Waals surface area contributed by atoms with Gasteiger partial charge in [0.25, 0.3) is 5.69 Å². The molecule has 7 nitrogen and oxygen atoms in total. The minimum Gasteiger partial charge on any atom is -0.437 e. The van der Waals surface area contributed by atoms with Crippen molar-refractivity contribution in [2.45, 2.75) is 13.8 Å². The van der Waals surface area contributed by atoms with E-state index in [1.807, 2.05) is 6.92 Å². The van der Waals surface area contributed by atoms with Gasteiger partial charge in [-0.05, 0) is 26.0 Å². The molecule has 8 heteroatoms. The lowest BCUT2D eigenvalue weighted by Crippen LogP contribution is -2.03. The Morgan fingerprint density at radius 1 is 1.48 bits per heavy atom. The first-order valence-electron chi connectivity index (χ1n) is 6.20. The third kappa shape index (κ3) is 3.57. The number of hydrogen-bond acceptors (Lipinski definition) is 6. The van der Waals surface area contributed by atoms with Crippen molar-refractivity contribution >= 4 is 23.2 Å². The molecule has 0 radical (unpaired) electrons. The van der Waals surface area contributed by atoms with Gasteiger partial charge in [0, 0.05) is 18.2 Å². The number of hydrogen-bond donors (Lipinski definition) is 1. The van der Waals surface area contributed by atoms with E-state index < -0.39 is 4.92 Å². The number of nitrogens with zero attached hydrogens (tertiary/aromatic N) is 3. The van der Waals surface area contributed by atoms with E-state index in [0.717, 1.165) is 0 Å². The molecule has 1 aromatic carbocycles. The highest BCUT2D eigenvalue weighted by molar-refractivity contribution is 6.31. The van der Waals surface area contributed by atoms with Gasteiger partial charge in [0.05, 0.1) is 11.1 Å². The SMILES string of the molecule is CCNc1ncc(Cl)c(Oc2ccc([N+](=O)[O-])c(C)c2)n1. The second kappa shape index (κ2) is 6.36. The molecular formula is C13H13ClN4O3. The van der Waals surface area contributed by atoms with E-state index in [0.29, 0.717) is 23.8 Å². The molecule has 21 heavy (non-hydrogen) atoms. The van der Waals surface area contributed by atoms with Crippen molar-refractivity contribution in [2.24, 2.45) is 0 Å². The van der Waals surface area contributed by atoms with Gasteiger partial charge in [-0.2, -0.15) is 4.98 Å². The van der Waals surface area contributed by atoms with Crippen LogP contribution in [-0.4, -0.2) is 21.4 Å². The van der Waals surface area contributed by atoms with Crippen molar-refractivity contribution in [3.05, 3.63) is 45.1 Å². The molecule has 0 aliphatic heterocycles. The molecule has 0 fully saturated rings. The summed E-state index contributed by atoms with van der Waals surface area (Å²) in [4.78, 5) is 18.5. The monoisotopic (exact) mass is 308 g/mol. The Kier molecular flexibility index (Phi) is 4.54. The summed E-state index contributed by atoms with van der Waals surface area (Å²) >= 11 is 5.98. The number of nitrogens with one attached hydrogen (secondary N) is 1. The Bertz CT molecular complexity index is 678. The normalized spacial score (nSPS) is 10.2. The first kappa shape index (κ1) is 15.0. The topological polar surface area (TPSA) is 90.2 Å². The summed E-state index contributed by atoms with van der Waals surface area (Å²) < 4.78 is 5.57. The molecule has 0 saturated heterocycles. The van der Waals surface area contributed by atoms with Crippen LogP contribution in [0.1, 0.15) is 12.5 Å². The van der Waals surface area contributed by atoms with Crippen LogP contribution < -0.4 is 10.1 Å². The third-order valence-corrected chi connectivity index (χ3v) is 2.89. The Hall–Kier alpha value is -2.41. The number of aromatic nitrogens is 2. The van der Waals surface area contributed by atoms with Gasteiger partial charge in [-0.3, -0.25) is 10.1 Å². The number of aryl methyl sites for hydroxylation is 1. The van der Waals surface area contributed by atoms with Crippen LogP contribution in [0.25, 0.3) is 0 Å². The number of nitro groups is 1. The number of ether oxygens (including phenoxy) is 1. The molecule has 0 aliphatic carbocycles. The zero-order valence-electron chi connectivity index (χ0n) is 11.5. The van der Waals surface area contributed by atoms with Gasteiger partial charge in [0.1, 0.15) is 10.8 Å². The third-order valence-electron chi connectivity index (χ3n) is 2.63. The fraction of sp³-hybridized carbons (Fsp3) is 0.231. The number of nitro benzene ring substituents is 1. The molecular weight excluding hydrogens is 296 g/mol. The van der Waals surface area contributed by atoms with Crippen LogP contribution in [0.15, 0.2) is 24.4 Å². The number of rotatable bonds is 5. The van der Waals surface area contributed by atoms with E-state index in [1.54, 1.807) is 13.0 Å². The van der Waals surface area contributed by atoms with Crippen LogP contribution in [0, 0.1) is 17.0 Å². The van der Waals surface area contributed by atoms with E-state index in [9.17, 15) is 10.1 Å². The maximum Gasteiger partial charge on any atom is 0.272 e.